The summed E-state index contributed by atoms with van der Waals surface area (Å²) in [5.74, 6) is -0.701. The van der Waals surface area contributed by atoms with Gasteiger partial charge >= 0.3 is 6.03 Å². The van der Waals surface area contributed by atoms with Crippen LogP contribution in [0.25, 0.3) is 17.0 Å². The number of para-hydroxylation sites is 1. The molecule has 36 heavy (non-hydrogen) atoms. The average Bonchev–Trinajstić information content (AvgIpc) is 3.22. The van der Waals surface area contributed by atoms with Crippen molar-refractivity contribution in [2.24, 2.45) is 5.92 Å². The van der Waals surface area contributed by atoms with E-state index in [9.17, 15) is 19.2 Å². The number of urea groups is 1. The first-order chi connectivity index (χ1) is 17.4. The lowest BCUT2D eigenvalue weighted by molar-refractivity contribution is -0.133. The van der Waals surface area contributed by atoms with E-state index in [1.165, 1.54) is 6.08 Å². The maximum Gasteiger partial charge on any atom is 0.331 e. The second kappa shape index (κ2) is 9.81. The summed E-state index contributed by atoms with van der Waals surface area (Å²) in [4.78, 5) is 54.2. The molecule has 2 aliphatic rings. The van der Waals surface area contributed by atoms with E-state index >= 15 is 0 Å². The first-order valence-corrected chi connectivity index (χ1v) is 12.2. The Morgan fingerprint density at radius 2 is 1.69 bits per heavy atom. The SMILES string of the molecule is CC1CCN(C(=O)Cn2cc(/C=C3\C(=O)NC(=O)N(Cc4ccccc4)C3=O)c3ccccc32)CC1. The Labute approximate surface area is 209 Å². The summed E-state index contributed by atoms with van der Waals surface area (Å²) in [5, 5.41) is 3.09. The molecule has 2 aromatic carbocycles. The number of aromatic nitrogens is 1. The van der Waals surface area contributed by atoms with Crippen LogP contribution in [0, 0.1) is 5.92 Å². The largest absolute Gasteiger partial charge is 0.341 e. The standard InChI is InChI=1S/C28H28N4O4/c1-19-11-13-30(14-12-19)25(33)18-31-17-21(22-9-5-6-10-24(22)31)15-23-26(34)29-28(36)32(27(23)35)16-20-7-3-2-4-8-20/h2-10,15,17,19H,11-14,16,18H2,1H3,(H,29,34,36)/b23-15+. The number of benzene rings is 2. The summed E-state index contributed by atoms with van der Waals surface area (Å²) >= 11 is 0. The minimum atomic E-state index is -0.741. The molecule has 2 aliphatic heterocycles. The van der Waals surface area contributed by atoms with E-state index in [1.807, 2.05) is 64.1 Å². The van der Waals surface area contributed by atoms with Crippen LogP contribution in [0.5, 0.6) is 0 Å². The summed E-state index contributed by atoms with van der Waals surface area (Å²) in [5.41, 5.74) is 2.13. The molecule has 1 N–H and O–H groups in total. The normalized spacial score (nSPS) is 18.2. The van der Waals surface area contributed by atoms with E-state index in [1.54, 1.807) is 6.20 Å². The van der Waals surface area contributed by atoms with Crippen molar-refractivity contribution in [2.75, 3.05) is 13.1 Å². The molecule has 8 nitrogen and oxygen atoms in total. The van der Waals surface area contributed by atoms with Crippen LogP contribution in [-0.2, 0) is 27.5 Å². The number of barbiturate groups is 1. The Morgan fingerprint density at radius 3 is 2.44 bits per heavy atom. The van der Waals surface area contributed by atoms with Gasteiger partial charge in [-0.15, -0.1) is 0 Å². The van der Waals surface area contributed by atoms with Crippen LogP contribution < -0.4 is 5.32 Å². The molecular formula is C28H28N4O4. The summed E-state index contributed by atoms with van der Waals surface area (Å²) < 4.78 is 1.86. The number of hydrogen-bond acceptors (Lipinski definition) is 4. The minimum absolute atomic E-state index is 0.0491. The number of amides is 5. The Morgan fingerprint density at radius 1 is 1.00 bits per heavy atom. The fourth-order valence-electron chi connectivity index (χ4n) is 4.78. The second-order valence-electron chi connectivity index (χ2n) is 9.49. The molecule has 8 heteroatoms. The van der Waals surface area contributed by atoms with Crippen molar-refractivity contribution >= 4 is 40.7 Å². The highest BCUT2D eigenvalue weighted by Crippen LogP contribution is 2.26. The molecule has 3 heterocycles. The van der Waals surface area contributed by atoms with Gasteiger partial charge in [0.25, 0.3) is 11.8 Å². The molecule has 0 spiro atoms. The predicted octanol–water partition coefficient (Wildman–Crippen LogP) is 3.56. The summed E-state index contributed by atoms with van der Waals surface area (Å²) in [6.07, 6.45) is 5.31. The molecule has 5 rings (SSSR count). The van der Waals surface area contributed by atoms with Gasteiger partial charge < -0.3 is 9.47 Å². The van der Waals surface area contributed by atoms with Gasteiger partial charge in [0.05, 0.1) is 6.54 Å². The topological polar surface area (TPSA) is 91.7 Å². The first kappa shape index (κ1) is 23.5. The van der Waals surface area contributed by atoms with Crippen molar-refractivity contribution in [3.63, 3.8) is 0 Å². The molecule has 0 atom stereocenters. The quantitative estimate of drug-likeness (QED) is 0.443. The van der Waals surface area contributed by atoms with Crippen LogP contribution in [0.2, 0.25) is 0 Å². The zero-order valence-corrected chi connectivity index (χ0v) is 20.1. The van der Waals surface area contributed by atoms with E-state index in [4.69, 9.17) is 0 Å². The van der Waals surface area contributed by atoms with Crippen LogP contribution in [0.15, 0.2) is 66.4 Å². The highest BCUT2D eigenvalue weighted by molar-refractivity contribution is 6.31. The van der Waals surface area contributed by atoms with Gasteiger partial charge in [-0.05, 0) is 36.5 Å². The molecule has 0 unspecified atom stereocenters. The fourth-order valence-corrected chi connectivity index (χ4v) is 4.78. The highest BCUT2D eigenvalue weighted by atomic mass is 16.2. The maximum atomic E-state index is 13.2. The fraction of sp³-hybridized carbons (Fsp3) is 0.286. The monoisotopic (exact) mass is 484 g/mol. The van der Waals surface area contributed by atoms with Gasteiger partial charge in [0.1, 0.15) is 12.1 Å². The third kappa shape index (κ3) is 4.66. The van der Waals surface area contributed by atoms with Gasteiger partial charge in [-0.25, -0.2) is 4.79 Å². The molecule has 5 amide bonds. The lowest BCUT2D eigenvalue weighted by Crippen LogP contribution is -2.53. The van der Waals surface area contributed by atoms with Gasteiger partial charge in [0.15, 0.2) is 0 Å². The first-order valence-electron chi connectivity index (χ1n) is 12.2. The molecule has 1 aromatic heterocycles. The average molecular weight is 485 g/mol. The molecule has 3 aromatic rings. The summed E-state index contributed by atoms with van der Waals surface area (Å²) in [6, 6.07) is 16.0. The number of rotatable bonds is 5. The number of fused-ring (bicyclic) bond motifs is 1. The zero-order valence-electron chi connectivity index (χ0n) is 20.1. The second-order valence-corrected chi connectivity index (χ2v) is 9.49. The van der Waals surface area contributed by atoms with E-state index in [2.05, 4.69) is 12.2 Å². The highest BCUT2D eigenvalue weighted by Gasteiger charge is 2.36. The van der Waals surface area contributed by atoms with E-state index < -0.39 is 17.8 Å². The maximum absolute atomic E-state index is 13.2. The van der Waals surface area contributed by atoms with Crippen molar-refractivity contribution in [1.29, 1.82) is 0 Å². The van der Waals surface area contributed by atoms with Gasteiger partial charge in [-0.1, -0.05) is 55.5 Å². The minimum Gasteiger partial charge on any atom is -0.341 e. The van der Waals surface area contributed by atoms with E-state index in [-0.39, 0.29) is 24.6 Å². The molecule has 184 valence electrons. The number of nitrogens with zero attached hydrogens (tertiary/aromatic N) is 3. The molecule has 0 aliphatic carbocycles. The van der Waals surface area contributed by atoms with Gasteiger partial charge in [0.2, 0.25) is 5.91 Å². The van der Waals surface area contributed by atoms with Crippen molar-refractivity contribution in [2.45, 2.75) is 32.9 Å². The van der Waals surface area contributed by atoms with Crippen LogP contribution in [-0.4, -0.2) is 51.2 Å². The number of hydrogen-bond donors (Lipinski definition) is 1. The van der Waals surface area contributed by atoms with Crippen LogP contribution in [0.1, 0.15) is 30.9 Å². The number of carbonyl (C=O) groups is 4. The third-order valence-corrected chi connectivity index (χ3v) is 6.93. The number of imide groups is 2. The molecular weight excluding hydrogens is 456 g/mol. The summed E-state index contributed by atoms with van der Waals surface area (Å²) in [7, 11) is 0. The Kier molecular flexibility index (Phi) is 6.41. The lowest BCUT2D eigenvalue weighted by Gasteiger charge is -2.30. The van der Waals surface area contributed by atoms with Crippen molar-refractivity contribution < 1.29 is 19.2 Å². The van der Waals surface area contributed by atoms with Crippen molar-refractivity contribution in [1.82, 2.24) is 19.7 Å². The number of likely N-dealkylation sites (tertiary alicyclic amines) is 1. The van der Waals surface area contributed by atoms with Crippen LogP contribution in [0.4, 0.5) is 4.79 Å². The number of carbonyl (C=O) groups excluding carboxylic acids is 4. The van der Waals surface area contributed by atoms with Crippen molar-refractivity contribution in [3.05, 3.63) is 77.5 Å². The molecule has 2 fully saturated rings. The van der Waals surface area contributed by atoms with Gasteiger partial charge in [0, 0.05) is 35.8 Å². The van der Waals surface area contributed by atoms with Crippen molar-refractivity contribution in [3.8, 4) is 0 Å². The molecule has 2 saturated heterocycles. The van der Waals surface area contributed by atoms with E-state index in [0.717, 1.165) is 47.3 Å². The zero-order chi connectivity index (χ0) is 25.2. The van der Waals surface area contributed by atoms with Crippen LogP contribution in [0.3, 0.4) is 0 Å². The molecule has 0 saturated carbocycles. The summed E-state index contributed by atoms with van der Waals surface area (Å²) in [6.45, 7) is 3.96. The molecule has 0 bridgehead atoms. The lowest BCUT2D eigenvalue weighted by atomic mass is 9.99. The van der Waals surface area contributed by atoms with Gasteiger partial charge in [-0.3, -0.25) is 24.6 Å². The number of piperidine rings is 1. The number of nitrogens with one attached hydrogen (secondary N) is 1. The van der Waals surface area contributed by atoms with Crippen LogP contribution >= 0.6 is 0 Å². The Bertz CT molecular complexity index is 1370. The molecule has 0 radical (unpaired) electrons. The smallest absolute Gasteiger partial charge is 0.331 e. The van der Waals surface area contributed by atoms with Gasteiger partial charge in [-0.2, -0.15) is 0 Å². The Hall–Kier alpha value is -4.20. The Balaban J connectivity index is 1.44. The predicted molar refractivity (Wildman–Crippen MR) is 135 cm³/mol. The third-order valence-electron chi connectivity index (χ3n) is 6.93. The van der Waals surface area contributed by atoms with E-state index in [0.29, 0.717) is 11.5 Å².